The maximum absolute atomic E-state index is 5.53. The Labute approximate surface area is 66.7 Å². The molecular formula is C10H12O. The molecule has 0 spiro atoms. The van der Waals surface area contributed by atoms with Crippen LogP contribution in [0.15, 0.2) is 16.6 Å². The van der Waals surface area contributed by atoms with Gasteiger partial charge in [-0.25, -0.2) is 0 Å². The highest BCUT2D eigenvalue weighted by atomic mass is 16.3. The number of allylic oxidation sites excluding steroid dienone is 1. The lowest BCUT2D eigenvalue weighted by Gasteiger charge is -2.09. The Kier molecular flexibility index (Phi) is 1.38. The summed E-state index contributed by atoms with van der Waals surface area (Å²) in [6.07, 6.45) is 5.44. The summed E-state index contributed by atoms with van der Waals surface area (Å²) in [4.78, 5) is 0. The van der Waals surface area contributed by atoms with Gasteiger partial charge in [0.1, 0.15) is 11.5 Å². The van der Waals surface area contributed by atoms with E-state index in [1.807, 2.05) is 6.92 Å². The molecule has 11 heavy (non-hydrogen) atoms. The third kappa shape index (κ3) is 1.11. The summed E-state index contributed by atoms with van der Waals surface area (Å²) in [5.74, 6) is 2.80. The van der Waals surface area contributed by atoms with Crippen molar-refractivity contribution < 1.29 is 4.42 Å². The topological polar surface area (TPSA) is 13.1 Å². The predicted octanol–water partition coefficient (Wildman–Crippen LogP) is 2.79. The minimum atomic E-state index is 0.632. The minimum absolute atomic E-state index is 0.632. The van der Waals surface area contributed by atoms with Gasteiger partial charge in [-0.05, 0) is 18.9 Å². The van der Waals surface area contributed by atoms with Gasteiger partial charge < -0.3 is 4.42 Å². The first-order valence-corrected chi connectivity index (χ1v) is 4.03. The van der Waals surface area contributed by atoms with Crippen molar-refractivity contribution in [2.75, 3.05) is 0 Å². The zero-order valence-electron chi connectivity index (χ0n) is 6.92. The molecule has 0 fully saturated rings. The molecule has 58 valence electrons. The van der Waals surface area contributed by atoms with Gasteiger partial charge in [-0.15, -0.1) is 0 Å². The summed E-state index contributed by atoms with van der Waals surface area (Å²) in [5.41, 5.74) is 1.26. The lowest BCUT2D eigenvalue weighted by atomic mass is 9.97. The van der Waals surface area contributed by atoms with Crippen LogP contribution in [0.25, 0.3) is 6.08 Å². The Morgan fingerprint density at radius 1 is 1.55 bits per heavy atom. The molecule has 1 heteroatoms. The Bertz CT molecular complexity index is 294. The maximum atomic E-state index is 5.53. The first-order chi connectivity index (χ1) is 5.25. The van der Waals surface area contributed by atoms with Crippen molar-refractivity contribution in [3.05, 3.63) is 29.2 Å². The van der Waals surface area contributed by atoms with E-state index in [2.05, 4.69) is 25.1 Å². The molecule has 0 amide bonds. The number of furan rings is 1. The highest BCUT2D eigenvalue weighted by molar-refractivity contribution is 5.54. The molecule has 2 rings (SSSR count). The lowest BCUT2D eigenvalue weighted by molar-refractivity contribution is 0.461. The molecule has 1 heterocycles. The molecular weight excluding hydrogens is 136 g/mol. The van der Waals surface area contributed by atoms with E-state index in [1.165, 1.54) is 5.56 Å². The quantitative estimate of drug-likeness (QED) is 0.551. The van der Waals surface area contributed by atoms with Crippen molar-refractivity contribution in [1.29, 1.82) is 0 Å². The fraction of sp³-hybridized carbons (Fsp3) is 0.400. The highest BCUT2D eigenvalue weighted by Gasteiger charge is 2.13. The Morgan fingerprint density at radius 3 is 3.18 bits per heavy atom. The number of hydrogen-bond donors (Lipinski definition) is 0. The molecule has 1 aliphatic rings. The predicted molar refractivity (Wildman–Crippen MR) is 45.3 cm³/mol. The van der Waals surface area contributed by atoms with Crippen LogP contribution in [0.2, 0.25) is 0 Å². The molecule has 1 unspecified atom stereocenters. The maximum Gasteiger partial charge on any atom is 0.111 e. The van der Waals surface area contributed by atoms with E-state index in [9.17, 15) is 0 Å². The summed E-state index contributed by atoms with van der Waals surface area (Å²) in [5, 5.41) is 0. The van der Waals surface area contributed by atoms with Crippen LogP contribution in [0.5, 0.6) is 0 Å². The summed E-state index contributed by atoms with van der Waals surface area (Å²) in [7, 11) is 0. The van der Waals surface area contributed by atoms with Crippen molar-refractivity contribution >= 4 is 6.08 Å². The van der Waals surface area contributed by atoms with Crippen molar-refractivity contribution in [2.45, 2.75) is 20.3 Å². The van der Waals surface area contributed by atoms with Gasteiger partial charge in [0.2, 0.25) is 0 Å². The number of hydrogen-bond acceptors (Lipinski definition) is 1. The van der Waals surface area contributed by atoms with Crippen molar-refractivity contribution in [3.63, 3.8) is 0 Å². The van der Waals surface area contributed by atoms with Crippen molar-refractivity contribution in [1.82, 2.24) is 0 Å². The smallest absolute Gasteiger partial charge is 0.111 e. The number of rotatable bonds is 0. The van der Waals surface area contributed by atoms with Gasteiger partial charge in [0.05, 0.1) is 0 Å². The standard InChI is InChI=1S/C10H12O/c1-7-3-4-9-6-8(2)11-10(9)5-7/h3-4,6-7H,5H2,1-2H3. The van der Waals surface area contributed by atoms with Crippen LogP contribution in [0.4, 0.5) is 0 Å². The molecule has 0 N–H and O–H groups in total. The molecule has 0 radical (unpaired) electrons. The first-order valence-electron chi connectivity index (χ1n) is 4.03. The van der Waals surface area contributed by atoms with Crippen LogP contribution in [-0.2, 0) is 6.42 Å². The fourth-order valence-electron chi connectivity index (χ4n) is 1.51. The monoisotopic (exact) mass is 148 g/mol. The van der Waals surface area contributed by atoms with E-state index < -0.39 is 0 Å². The molecule has 1 aromatic heterocycles. The third-order valence-electron chi connectivity index (χ3n) is 2.08. The minimum Gasteiger partial charge on any atom is -0.466 e. The summed E-state index contributed by atoms with van der Waals surface area (Å²) < 4.78 is 5.53. The largest absolute Gasteiger partial charge is 0.466 e. The first kappa shape index (κ1) is 6.71. The van der Waals surface area contributed by atoms with E-state index in [4.69, 9.17) is 4.42 Å². The Morgan fingerprint density at radius 2 is 2.36 bits per heavy atom. The van der Waals surface area contributed by atoms with Gasteiger partial charge in [-0.1, -0.05) is 19.1 Å². The Balaban J connectivity index is 2.44. The SMILES string of the molecule is Cc1cc2c(o1)CC(C)C=C2. The summed E-state index contributed by atoms with van der Waals surface area (Å²) in [6, 6.07) is 2.09. The highest BCUT2D eigenvalue weighted by Crippen LogP contribution is 2.25. The van der Waals surface area contributed by atoms with Gasteiger partial charge in [-0.3, -0.25) is 0 Å². The van der Waals surface area contributed by atoms with E-state index in [-0.39, 0.29) is 0 Å². The summed E-state index contributed by atoms with van der Waals surface area (Å²) >= 11 is 0. The van der Waals surface area contributed by atoms with Crippen LogP contribution < -0.4 is 0 Å². The van der Waals surface area contributed by atoms with Gasteiger partial charge in [0.15, 0.2) is 0 Å². The third-order valence-corrected chi connectivity index (χ3v) is 2.08. The molecule has 0 aliphatic heterocycles. The lowest BCUT2D eigenvalue weighted by Crippen LogP contribution is -1.99. The fourth-order valence-corrected chi connectivity index (χ4v) is 1.51. The van der Waals surface area contributed by atoms with Crippen molar-refractivity contribution in [2.24, 2.45) is 5.92 Å². The van der Waals surface area contributed by atoms with E-state index in [0.29, 0.717) is 5.92 Å². The number of fused-ring (bicyclic) bond motifs is 1. The molecule has 0 saturated heterocycles. The average Bonchev–Trinajstić information content (AvgIpc) is 2.27. The van der Waals surface area contributed by atoms with Gasteiger partial charge >= 0.3 is 0 Å². The molecule has 1 nitrogen and oxygen atoms in total. The normalized spacial score (nSPS) is 21.8. The van der Waals surface area contributed by atoms with E-state index in [1.54, 1.807) is 0 Å². The van der Waals surface area contributed by atoms with Crippen LogP contribution in [0.1, 0.15) is 24.0 Å². The van der Waals surface area contributed by atoms with Crippen LogP contribution in [-0.4, -0.2) is 0 Å². The van der Waals surface area contributed by atoms with Crippen LogP contribution >= 0.6 is 0 Å². The second-order valence-corrected chi connectivity index (χ2v) is 3.28. The van der Waals surface area contributed by atoms with E-state index >= 15 is 0 Å². The van der Waals surface area contributed by atoms with E-state index in [0.717, 1.165) is 17.9 Å². The van der Waals surface area contributed by atoms with Crippen molar-refractivity contribution in [3.8, 4) is 0 Å². The molecule has 0 aromatic carbocycles. The molecule has 0 saturated carbocycles. The summed E-state index contributed by atoms with van der Waals surface area (Å²) in [6.45, 7) is 4.20. The second kappa shape index (κ2) is 2.26. The second-order valence-electron chi connectivity index (χ2n) is 3.28. The average molecular weight is 148 g/mol. The van der Waals surface area contributed by atoms with Gasteiger partial charge in [0, 0.05) is 12.0 Å². The number of aryl methyl sites for hydroxylation is 1. The molecule has 1 aliphatic carbocycles. The van der Waals surface area contributed by atoms with Gasteiger partial charge in [-0.2, -0.15) is 0 Å². The zero-order valence-corrected chi connectivity index (χ0v) is 6.92. The molecule has 1 atom stereocenters. The Hall–Kier alpha value is -0.980. The van der Waals surface area contributed by atoms with Crippen LogP contribution in [0.3, 0.4) is 0 Å². The molecule has 0 bridgehead atoms. The zero-order chi connectivity index (χ0) is 7.84. The van der Waals surface area contributed by atoms with Gasteiger partial charge in [0.25, 0.3) is 0 Å². The molecule has 1 aromatic rings. The van der Waals surface area contributed by atoms with Crippen LogP contribution in [0, 0.1) is 12.8 Å².